The van der Waals surface area contributed by atoms with Gasteiger partial charge < -0.3 is 10.6 Å². The number of rotatable bonds is 4. The number of hydrogen-bond donors (Lipinski definition) is 1. The van der Waals surface area contributed by atoms with E-state index in [-0.39, 0.29) is 6.61 Å². The third-order valence-corrected chi connectivity index (χ3v) is 1.61. The quantitative estimate of drug-likeness (QED) is 0.602. The average Bonchev–Trinajstić information content (AvgIpc) is 2.15. The van der Waals surface area contributed by atoms with E-state index in [1.807, 2.05) is 0 Å². The Kier molecular flexibility index (Phi) is 3.94. The molecule has 0 atom stereocenters. The standard InChI is InChI=1S/C9H9ClN2O2/c10-8-3-1-7(2-4-8)5-12-14-6-9(11)13/h1-5H,6H2,(H2,11,13)/b12-5-. The maximum atomic E-state index is 10.3. The summed E-state index contributed by atoms with van der Waals surface area (Å²) in [5.41, 5.74) is 5.67. The molecule has 0 fully saturated rings. The van der Waals surface area contributed by atoms with Gasteiger partial charge in [0, 0.05) is 5.02 Å². The van der Waals surface area contributed by atoms with E-state index in [0.717, 1.165) is 5.56 Å². The first-order chi connectivity index (χ1) is 6.68. The van der Waals surface area contributed by atoms with E-state index in [2.05, 4.69) is 9.99 Å². The smallest absolute Gasteiger partial charge is 0.258 e. The van der Waals surface area contributed by atoms with E-state index < -0.39 is 5.91 Å². The van der Waals surface area contributed by atoms with Crippen LogP contribution in [0.4, 0.5) is 0 Å². The van der Waals surface area contributed by atoms with Crippen molar-refractivity contribution in [2.75, 3.05) is 6.61 Å². The molecular weight excluding hydrogens is 204 g/mol. The lowest BCUT2D eigenvalue weighted by Gasteiger charge is -1.94. The van der Waals surface area contributed by atoms with E-state index in [0.29, 0.717) is 5.02 Å². The highest BCUT2D eigenvalue weighted by atomic mass is 35.5. The summed E-state index contributed by atoms with van der Waals surface area (Å²) >= 11 is 5.68. The van der Waals surface area contributed by atoms with Crippen molar-refractivity contribution in [3.63, 3.8) is 0 Å². The fourth-order valence-electron chi connectivity index (χ4n) is 0.748. The van der Waals surface area contributed by atoms with Crippen LogP contribution in [0.25, 0.3) is 0 Å². The molecule has 0 aliphatic heterocycles. The summed E-state index contributed by atoms with van der Waals surface area (Å²) in [6.07, 6.45) is 1.47. The lowest BCUT2D eigenvalue weighted by Crippen LogP contribution is -2.16. The number of carbonyl (C=O) groups is 1. The first kappa shape index (κ1) is 10.5. The Bertz CT molecular complexity index is 335. The summed E-state index contributed by atoms with van der Waals surface area (Å²) in [4.78, 5) is 14.9. The van der Waals surface area contributed by atoms with Crippen LogP contribution in [0.5, 0.6) is 0 Å². The second kappa shape index (κ2) is 5.24. The van der Waals surface area contributed by atoms with Crippen molar-refractivity contribution in [1.82, 2.24) is 0 Å². The minimum atomic E-state index is -0.557. The van der Waals surface area contributed by atoms with Crippen molar-refractivity contribution in [1.29, 1.82) is 0 Å². The minimum absolute atomic E-state index is 0.218. The second-order valence-corrected chi connectivity index (χ2v) is 2.96. The first-order valence-corrected chi connectivity index (χ1v) is 4.25. The molecule has 1 aromatic carbocycles. The molecule has 1 rings (SSSR count). The predicted molar refractivity (Wildman–Crippen MR) is 54.2 cm³/mol. The Morgan fingerprint density at radius 3 is 2.71 bits per heavy atom. The molecule has 74 valence electrons. The highest BCUT2D eigenvalue weighted by Gasteiger charge is 1.91. The molecule has 0 aliphatic rings. The number of amides is 1. The van der Waals surface area contributed by atoms with Gasteiger partial charge in [-0.05, 0) is 17.7 Å². The lowest BCUT2D eigenvalue weighted by molar-refractivity contribution is -0.122. The highest BCUT2D eigenvalue weighted by molar-refractivity contribution is 6.30. The van der Waals surface area contributed by atoms with E-state index in [4.69, 9.17) is 17.3 Å². The van der Waals surface area contributed by atoms with Crippen LogP contribution in [0, 0.1) is 0 Å². The van der Waals surface area contributed by atoms with Gasteiger partial charge in [0.1, 0.15) is 0 Å². The molecule has 0 bridgehead atoms. The summed E-state index contributed by atoms with van der Waals surface area (Å²) in [5, 5.41) is 4.20. The fraction of sp³-hybridized carbons (Fsp3) is 0.111. The van der Waals surface area contributed by atoms with Gasteiger partial charge in [0.2, 0.25) is 0 Å². The van der Waals surface area contributed by atoms with Crippen LogP contribution in [-0.2, 0) is 9.63 Å². The van der Waals surface area contributed by atoms with Crippen LogP contribution >= 0.6 is 11.6 Å². The SMILES string of the molecule is NC(=O)CO/N=C\c1ccc(Cl)cc1. The number of halogens is 1. The molecule has 0 heterocycles. The van der Waals surface area contributed by atoms with Crippen LogP contribution in [0.15, 0.2) is 29.4 Å². The van der Waals surface area contributed by atoms with Crippen molar-refractivity contribution in [2.24, 2.45) is 10.9 Å². The van der Waals surface area contributed by atoms with E-state index >= 15 is 0 Å². The van der Waals surface area contributed by atoms with Crippen molar-refractivity contribution < 1.29 is 9.63 Å². The van der Waals surface area contributed by atoms with E-state index in [1.165, 1.54) is 6.21 Å². The van der Waals surface area contributed by atoms with Gasteiger partial charge in [-0.3, -0.25) is 4.79 Å². The van der Waals surface area contributed by atoms with Crippen LogP contribution in [-0.4, -0.2) is 18.7 Å². The van der Waals surface area contributed by atoms with Crippen LogP contribution in [0.2, 0.25) is 5.02 Å². The van der Waals surface area contributed by atoms with Gasteiger partial charge in [0.05, 0.1) is 6.21 Å². The molecule has 14 heavy (non-hydrogen) atoms. The van der Waals surface area contributed by atoms with E-state index in [1.54, 1.807) is 24.3 Å². The van der Waals surface area contributed by atoms with Gasteiger partial charge in [-0.15, -0.1) is 0 Å². The zero-order valence-electron chi connectivity index (χ0n) is 7.31. The number of carbonyl (C=O) groups excluding carboxylic acids is 1. The Morgan fingerprint density at radius 1 is 1.50 bits per heavy atom. The predicted octanol–water partition coefficient (Wildman–Crippen LogP) is 1.18. The van der Waals surface area contributed by atoms with Gasteiger partial charge in [-0.25, -0.2) is 0 Å². The third kappa shape index (κ3) is 3.91. The molecule has 0 spiro atoms. The number of primary amides is 1. The second-order valence-electron chi connectivity index (χ2n) is 2.53. The summed E-state index contributed by atoms with van der Waals surface area (Å²) in [6, 6.07) is 7.02. The number of nitrogens with two attached hydrogens (primary N) is 1. The molecule has 0 aliphatic carbocycles. The maximum absolute atomic E-state index is 10.3. The lowest BCUT2D eigenvalue weighted by atomic mass is 10.2. The Balaban J connectivity index is 2.44. The Hall–Kier alpha value is -1.55. The normalized spacial score (nSPS) is 10.4. The van der Waals surface area contributed by atoms with Crippen LogP contribution < -0.4 is 5.73 Å². The Morgan fingerprint density at radius 2 is 2.14 bits per heavy atom. The summed E-state index contributed by atoms with van der Waals surface area (Å²) in [6.45, 7) is -0.218. The molecule has 5 heteroatoms. The van der Waals surface area contributed by atoms with E-state index in [9.17, 15) is 4.79 Å². The summed E-state index contributed by atoms with van der Waals surface area (Å²) in [5.74, 6) is -0.557. The Labute approximate surface area is 86.3 Å². The van der Waals surface area contributed by atoms with Crippen LogP contribution in [0.1, 0.15) is 5.56 Å². The van der Waals surface area contributed by atoms with Gasteiger partial charge >= 0.3 is 0 Å². The number of hydrogen-bond acceptors (Lipinski definition) is 3. The number of nitrogens with zero attached hydrogens (tertiary/aromatic N) is 1. The van der Waals surface area contributed by atoms with Crippen LogP contribution in [0.3, 0.4) is 0 Å². The van der Waals surface area contributed by atoms with Crippen molar-refractivity contribution in [2.45, 2.75) is 0 Å². The van der Waals surface area contributed by atoms with Crippen molar-refractivity contribution >= 4 is 23.7 Å². The highest BCUT2D eigenvalue weighted by Crippen LogP contribution is 2.07. The molecule has 1 amide bonds. The minimum Gasteiger partial charge on any atom is -0.386 e. The molecule has 4 nitrogen and oxygen atoms in total. The topological polar surface area (TPSA) is 64.7 Å². The zero-order chi connectivity index (χ0) is 10.4. The monoisotopic (exact) mass is 212 g/mol. The molecule has 0 unspecified atom stereocenters. The molecule has 0 aromatic heterocycles. The van der Waals surface area contributed by atoms with Gasteiger partial charge in [-0.2, -0.15) is 0 Å². The van der Waals surface area contributed by atoms with Gasteiger partial charge in [0.25, 0.3) is 5.91 Å². The molecule has 0 saturated heterocycles. The van der Waals surface area contributed by atoms with Crippen molar-refractivity contribution in [3.8, 4) is 0 Å². The molecule has 2 N–H and O–H groups in total. The summed E-state index contributed by atoms with van der Waals surface area (Å²) < 4.78 is 0. The average molecular weight is 213 g/mol. The molecule has 1 aromatic rings. The first-order valence-electron chi connectivity index (χ1n) is 3.87. The molecular formula is C9H9ClN2O2. The number of oxime groups is 1. The number of benzene rings is 1. The fourth-order valence-corrected chi connectivity index (χ4v) is 0.874. The largest absolute Gasteiger partial charge is 0.386 e. The molecule has 0 radical (unpaired) electrons. The molecule has 0 saturated carbocycles. The van der Waals surface area contributed by atoms with Gasteiger partial charge in [0.15, 0.2) is 6.61 Å². The van der Waals surface area contributed by atoms with Gasteiger partial charge in [-0.1, -0.05) is 28.9 Å². The summed E-state index contributed by atoms with van der Waals surface area (Å²) in [7, 11) is 0. The zero-order valence-corrected chi connectivity index (χ0v) is 8.07. The van der Waals surface area contributed by atoms with Crippen molar-refractivity contribution in [3.05, 3.63) is 34.9 Å². The third-order valence-electron chi connectivity index (χ3n) is 1.35. The maximum Gasteiger partial charge on any atom is 0.258 e.